The third-order valence-electron chi connectivity index (χ3n) is 4.83. The Balaban J connectivity index is 1.64. The zero-order chi connectivity index (χ0) is 20.9. The minimum atomic E-state index is -0.408. The number of ether oxygens (including phenoxy) is 1. The number of para-hydroxylation sites is 1. The largest absolute Gasteiger partial charge is 0.494 e. The Labute approximate surface area is 180 Å². The van der Waals surface area contributed by atoms with Crippen LogP contribution in [0, 0.1) is 0 Å². The molecule has 2 aromatic carbocycles. The number of nitrogens with one attached hydrogen (secondary N) is 2. The number of carbonyl (C=O) groups excluding carboxylic acids is 1. The van der Waals surface area contributed by atoms with Crippen LogP contribution >= 0.6 is 11.8 Å². The van der Waals surface area contributed by atoms with Crippen molar-refractivity contribution in [2.45, 2.75) is 43.1 Å². The van der Waals surface area contributed by atoms with Gasteiger partial charge in [-0.3, -0.25) is 4.79 Å². The first-order valence-corrected chi connectivity index (χ1v) is 11.0. The molecule has 1 aliphatic rings. The van der Waals surface area contributed by atoms with Crippen LogP contribution < -0.4 is 15.5 Å². The van der Waals surface area contributed by atoms with Crippen molar-refractivity contribution in [1.82, 2.24) is 14.9 Å². The molecule has 2 unspecified atom stereocenters. The van der Waals surface area contributed by atoms with Crippen molar-refractivity contribution in [3.05, 3.63) is 66.0 Å². The molecule has 2 heterocycles. The summed E-state index contributed by atoms with van der Waals surface area (Å²) in [5.41, 5.74) is 5.26. The summed E-state index contributed by atoms with van der Waals surface area (Å²) >= 11 is 1.43. The predicted octanol–water partition coefficient (Wildman–Crippen LogP) is 4.03. The van der Waals surface area contributed by atoms with E-state index in [0.29, 0.717) is 11.8 Å². The SMILES string of the molecule is CCCc1nnc2n1NC(c1ccc(OCC)cc1)C(C(=O)Nc1ccccc1)S2. The molecular formula is C22H25N5O2S. The van der Waals surface area contributed by atoms with Gasteiger partial charge in [0.05, 0.1) is 12.6 Å². The summed E-state index contributed by atoms with van der Waals surface area (Å²) in [7, 11) is 0. The molecule has 0 fully saturated rings. The van der Waals surface area contributed by atoms with Gasteiger partial charge in [-0.1, -0.05) is 49.0 Å². The maximum atomic E-state index is 13.2. The normalized spacial score (nSPS) is 17.7. The van der Waals surface area contributed by atoms with E-state index in [-0.39, 0.29) is 11.9 Å². The Kier molecular flexibility index (Phi) is 6.23. The second-order valence-corrected chi connectivity index (χ2v) is 8.10. The zero-order valence-electron chi connectivity index (χ0n) is 17.0. The lowest BCUT2D eigenvalue weighted by molar-refractivity contribution is -0.116. The summed E-state index contributed by atoms with van der Waals surface area (Å²) in [6.45, 7) is 4.68. The van der Waals surface area contributed by atoms with Gasteiger partial charge < -0.3 is 15.5 Å². The van der Waals surface area contributed by atoms with Crippen molar-refractivity contribution < 1.29 is 9.53 Å². The van der Waals surface area contributed by atoms with E-state index in [2.05, 4.69) is 27.9 Å². The molecule has 0 radical (unpaired) electrons. The summed E-state index contributed by atoms with van der Waals surface area (Å²) in [4.78, 5) is 13.2. The van der Waals surface area contributed by atoms with Crippen molar-refractivity contribution in [3.8, 4) is 5.75 Å². The lowest BCUT2D eigenvalue weighted by Gasteiger charge is -2.33. The zero-order valence-corrected chi connectivity index (χ0v) is 17.9. The van der Waals surface area contributed by atoms with Crippen molar-refractivity contribution >= 4 is 23.4 Å². The Morgan fingerprint density at radius 1 is 1.13 bits per heavy atom. The molecule has 0 saturated heterocycles. The molecule has 1 amide bonds. The Morgan fingerprint density at radius 3 is 2.60 bits per heavy atom. The number of rotatable bonds is 7. The molecule has 8 heteroatoms. The van der Waals surface area contributed by atoms with Gasteiger partial charge in [0.2, 0.25) is 11.1 Å². The van der Waals surface area contributed by atoms with E-state index in [0.717, 1.165) is 35.7 Å². The number of benzene rings is 2. The highest BCUT2D eigenvalue weighted by atomic mass is 32.2. The number of aromatic nitrogens is 3. The molecule has 3 aromatic rings. The van der Waals surface area contributed by atoms with Crippen molar-refractivity contribution in [1.29, 1.82) is 0 Å². The quantitative estimate of drug-likeness (QED) is 0.597. The molecule has 1 aliphatic heterocycles. The highest BCUT2D eigenvalue weighted by Gasteiger charge is 2.37. The van der Waals surface area contributed by atoms with Crippen LogP contribution in [-0.4, -0.2) is 32.6 Å². The molecule has 7 nitrogen and oxygen atoms in total. The number of carbonyl (C=O) groups is 1. The standard InChI is InChI=1S/C22H25N5O2S/c1-3-8-18-24-25-22-27(18)26-19(15-11-13-17(14-12-15)29-4-2)20(30-22)21(28)23-16-9-6-5-7-10-16/h5-7,9-14,19-20,26H,3-4,8H2,1-2H3,(H,23,28). The second kappa shape index (κ2) is 9.21. The molecule has 0 spiro atoms. The summed E-state index contributed by atoms with van der Waals surface area (Å²) in [6.07, 6.45) is 1.79. The van der Waals surface area contributed by atoms with Gasteiger partial charge in [-0.2, -0.15) is 0 Å². The fraction of sp³-hybridized carbons (Fsp3) is 0.318. The van der Waals surface area contributed by atoms with E-state index >= 15 is 0 Å². The smallest absolute Gasteiger partial charge is 0.240 e. The van der Waals surface area contributed by atoms with E-state index in [9.17, 15) is 4.79 Å². The molecule has 0 aliphatic carbocycles. The van der Waals surface area contributed by atoms with E-state index in [4.69, 9.17) is 4.74 Å². The molecule has 2 N–H and O–H groups in total. The van der Waals surface area contributed by atoms with Gasteiger partial charge in [0.25, 0.3) is 0 Å². The van der Waals surface area contributed by atoms with Gasteiger partial charge in [0.1, 0.15) is 11.0 Å². The molecule has 1 aromatic heterocycles. The third kappa shape index (κ3) is 4.28. The summed E-state index contributed by atoms with van der Waals surface area (Å²) in [5.74, 6) is 1.60. The minimum absolute atomic E-state index is 0.0797. The maximum Gasteiger partial charge on any atom is 0.240 e. The maximum absolute atomic E-state index is 13.2. The predicted molar refractivity (Wildman–Crippen MR) is 118 cm³/mol. The van der Waals surface area contributed by atoms with Gasteiger partial charge in [0, 0.05) is 12.1 Å². The molecule has 0 saturated carbocycles. The monoisotopic (exact) mass is 423 g/mol. The van der Waals surface area contributed by atoms with Gasteiger partial charge in [-0.15, -0.1) is 10.2 Å². The molecule has 0 bridgehead atoms. The van der Waals surface area contributed by atoms with Crippen LogP contribution in [0.5, 0.6) is 5.75 Å². The van der Waals surface area contributed by atoms with Crippen LogP contribution in [0.2, 0.25) is 0 Å². The van der Waals surface area contributed by atoms with Gasteiger partial charge >= 0.3 is 0 Å². The number of nitrogens with zero attached hydrogens (tertiary/aromatic N) is 3. The van der Waals surface area contributed by atoms with Crippen LogP contribution in [-0.2, 0) is 11.2 Å². The van der Waals surface area contributed by atoms with E-state index in [1.54, 1.807) is 0 Å². The lowest BCUT2D eigenvalue weighted by atomic mass is 10.0. The van der Waals surface area contributed by atoms with Gasteiger partial charge in [-0.25, -0.2) is 4.68 Å². The first-order valence-electron chi connectivity index (χ1n) is 10.2. The second-order valence-electron chi connectivity index (χ2n) is 6.99. The average Bonchev–Trinajstić information content (AvgIpc) is 3.16. The van der Waals surface area contributed by atoms with Crippen molar-refractivity contribution in [2.24, 2.45) is 0 Å². The van der Waals surface area contributed by atoms with Crippen molar-refractivity contribution in [3.63, 3.8) is 0 Å². The fourth-order valence-electron chi connectivity index (χ4n) is 3.41. The Bertz CT molecular complexity index is 991. The third-order valence-corrected chi connectivity index (χ3v) is 6.04. The minimum Gasteiger partial charge on any atom is -0.494 e. The Morgan fingerprint density at radius 2 is 1.90 bits per heavy atom. The van der Waals surface area contributed by atoms with Crippen LogP contribution in [0.4, 0.5) is 5.69 Å². The average molecular weight is 424 g/mol. The number of fused-ring (bicyclic) bond motifs is 1. The van der Waals surface area contributed by atoms with Gasteiger partial charge in [-0.05, 0) is 43.2 Å². The highest BCUT2D eigenvalue weighted by Crippen LogP contribution is 2.38. The van der Waals surface area contributed by atoms with Crippen LogP contribution in [0.25, 0.3) is 0 Å². The number of thioether (sulfide) groups is 1. The molecule has 4 rings (SSSR count). The number of anilines is 1. The molecular weight excluding hydrogens is 398 g/mol. The van der Waals surface area contributed by atoms with Gasteiger partial charge in [0.15, 0.2) is 5.82 Å². The highest BCUT2D eigenvalue weighted by molar-refractivity contribution is 8.00. The molecule has 30 heavy (non-hydrogen) atoms. The summed E-state index contributed by atoms with van der Waals surface area (Å²) in [6, 6.07) is 17.1. The van der Waals surface area contributed by atoms with E-state index < -0.39 is 5.25 Å². The number of amides is 1. The first kappa shape index (κ1) is 20.3. The van der Waals surface area contributed by atoms with Crippen LogP contribution in [0.1, 0.15) is 37.7 Å². The van der Waals surface area contributed by atoms with Crippen LogP contribution in [0.15, 0.2) is 59.8 Å². The molecule has 156 valence electrons. The molecule has 2 atom stereocenters. The number of hydrogen-bond acceptors (Lipinski definition) is 6. The Hall–Kier alpha value is -3.00. The summed E-state index contributed by atoms with van der Waals surface area (Å²) < 4.78 is 7.48. The van der Waals surface area contributed by atoms with E-state index in [1.807, 2.05) is 66.2 Å². The van der Waals surface area contributed by atoms with Crippen LogP contribution in [0.3, 0.4) is 0 Å². The lowest BCUT2D eigenvalue weighted by Crippen LogP contribution is -2.41. The summed E-state index contributed by atoms with van der Waals surface area (Å²) in [5, 5.41) is 11.9. The van der Waals surface area contributed by atoms with Crippen molar-refractivity contribution in [2.75, 3.05) is 17.3 Å². The number of hydrogen-bond donors (Lipinski definition) is 2. The van der Waals surface area contributed by atoms with E-state index in [1.165, 1.54) is 11.8 Å². The first-order chi connectivity index (χ1) is 14.7. The topological polar surface area (TPSA) is 81.1 Å². The number of aryl methyl sites for hydroxylation is 1. The fourth-order valence-corrected chi connectivity index (χ4v) is 4.51.